The van der Waals surface area contributed by atoms with E-state index in [9.17, 15) is 0 Å². The highest BCUT2D eigenvalue weighted by Crippen LogP contribution is 2.31. The SMILES string of the molecule is CCCCN(CC)c1cccc(SCC)c1C(N)=S. The molecule has 0 amide bonds. The second kappa shape index (κ2) is 8.43. The van der Waals surface area contributed by atoms with Crippen molar-refractivity contribution in [3.63, 3.8) is 0 Å². The molecule has 0 fully saturated rings. The van der Waals surface area contributed by atoms with E-state index in [0.717, 1.165) is 24.4 Å². The van der Waals surface area contributed by atoms with E-state index in [4.69, 9.17) is 18.0 Å². The Hall–Kier alpha value is -0.740. The summed E-state index contributed by atoms with van der Waals surface area (Å²) >= 11 is 7.07. The van der Waals surface area contributed by atoms with Crippen LogP contribution in [-0.4, -0.2) is 23.8 Å². The van der Waals surface area contributed by atoms with Crippen LogP contribution in [0.5, 0.6) is 0 Å². The van der Waals surface area contributed by atoms with Gasteiger partial charge in [0, 0.05) is 29.2 Å². The van der Waals surface area contributed by atoms with Crippen molar-refractivity contribution >= 4 is 34.7 Å². The van der Waals surface area contributed by atoms with Gasteiger partial charge in [0.05, 0.1) is 0 Å². The number of hydrogen-bond donors (Lipinski definition) is 1. The molecular formula is C15H24N2S2. The van der Waals surface area contributed by atoms with Crippen LogP contribution in [0.4, 0.5) is 5.69 Å². The third kappa shape index (κ3) is 4.39. The van der Waals surface area contributed by atoms with E-state index in [1.807, 2.05) is 0 Å². The molecule has 4 heteroatoms. The van der Waals surface area contributed by atoms with E-state index in [0.29, 0.717) is 4.99 Å². The Morgan fingerprint density at radius 2 is 2.05 bits per heavy atom. The van der Waals surface area contributed by atoms with Gasteiger partial charge in [-0.1, -0.05) is 38.6 Å². The third-order valence-corrected chi connectivity index (χ3v) is 4.20. The summed E-state index contributed by atoms with van der Waals surface area (Å²) in [6.45, 7) is 8.58. The van der Waals surface area contributed by atoms with Crippen LogP contribution in [0.15, 0.2) is 23.1 Å². The number of nitrogens with zero attached hydrogens (tertiary/aromatic N) is 1. The van der Waals surface area contributed by atoms with Gasteiger partial charge in [0.15, 0.2) is 0 Å². The maximum absolute atomic E-state index is 5.96. The van der Waals surface area contributed by atoms with Crippen molar-refractivity contribution in [2.75, 3.05) is 23.7 Å². The maximum atomic E-state index is 5.96. The number of thiocarbonyl (C=S) groups is 1. The average molecular weight is 297 g/mol. The van der Waals surface area contributed by atoms with E-state index >= 15 is 0 Å². The van der Waals surface area contributed by atoms with Crippen molar-refractivity contribution in [2.45, 2.75) is 38.5 Å². The Bertz CT molecular complexity index is 419. The van der Waals surface area contributed by atoms with Crippen molar-refractivity contribution in [3.05, 3.63) is 23.8 Å². The molecule has 0 aliphatic carbocycles. The Labute approximate surface area is 126 Å². The molecule has 0 saturated carbocycles. The van der Waals surface area contributed by atoms with Gasteiger partial charge >= 0.3 is 0 Å². The molecule has 0 unspecified atom stereocenters. The van der Waals surface area contributed by atoms with E-state index in [-0.39, 0.29) is 0 Å². The number of nitrogens with two attached hydrogens (primary N) is 1. The molecule has 0 saturated heterocycles. The number of anilines is 1. The highest BCUT2D eigenvalue weighted by molar-refractivity contribution is 7.99. The molecule has 2 nitrogen and oxygen atoms in total. The van der Waals surface area contributed by atoms with Gasteiger partial charge in [0.1, 0.15) is 4.99 Å². The molecule has 0 aromatic heterocycles. The normalized spacial score (nSPS) is 10.5. The van der Waals surface area contributed by atoms with Crippen LogP contribution in [0.3, 0.4) is 0 Å². The lowest BCUT2D eigenvalue weighted by molar-refractivity contribution is 0.731. The highest BCUT2D eigenvalue weighted by atomic mass is 32.2. The predicted molar refractivity (Wildman–Crippen MR) is 91.5 cm³/mol. The van der Waals surface area contributed by atoms with E-state index in [1.165, 1.54) is 23.4 Å². The maximum Gasteiger partial charge on any atom is 0.107 e. The van der Waals surface area contributed by atoms with Gasteiger partial charge in [0.25, 0.3) is 0 Å². The molecule has 0 spiro atoms. The second-order valence-electron chi connectivity index (χ2n) is 4.38. The minimum Gasteiger partial charge on any atom is -0.389 e. The fraction of sp³-hybridized carbons (Fsp3) is 0.533. The zero-order valence-corrected chi connectivity index (χ0v) is 13.7. The summed E-state index contributed by atoms with van der Waals surface area (Å²) in [5, 5.41) is 0. The molecule has 0 aliphatic rings. The Kier molecular flexibility index (Phi) is 7.24. The number of unbranched alkanes of at least 4 members (excludes halogenated alkanes) is 1. The van der Waals surface area contributed by atoms with Gasteiger partial charge in [-0.3, -0.25) is 0 Å². The standard InChI is InChI=1S/C15H24N2S2/c1-4-7-11-17(5-2)12-9-8-10-13(19-6-3)14(12)15(16)18/h8-10H,4-7,11H2,1-3H3,(H2,16,18). The van der Waals surface area contributed by atoms with E-state index in [2.05, 4.69) is 43.9 Å². The largest absolute Gasteiger partial charge is 0.389 e. The lowest BCUT2D eigenvalue weighted by Crippen LogP contribution is -2.27. The van der Waals surface area contributed by atoms with Gasteiger partial charge in [0.2, 0.25) is 0 Å². The number of benzene rings is 1. The average Bonchev–Trinajstić information content (AvgIpc) is 2.40. The van der Waals surface area contributed by atoms with Crippen LogP contribution in [0.1, 0.15) is 39.2 Å². The fourth-order valence-corrected chi connectivity index (χ4v) is 3.23. The third-order valence-electron chi connectivity index (χ3n) is 3.05. The van der Waals surface area contributed by atoms with E-state index in [1.54, 1.807) is 11.8 Å². The van der Waals surface area contributed by atoms with Gasteiger partial charge < -0.3 is 10.6 Å². The van der Waals surface area contributed by atoms with Gasteiger partial charge in [-0.25, -0.2) is 0 Å². The van der Waals surface area contributed by atoms with Gasteiger partial charge in [-0.2, -0.15) is 0 Å². The van der Waals surface area contributed by atoms with Gasteiger partial charge in [-0.05, 0) is 31.2 Å². The zero-order valence-electron chi connectivity index (χ0n) is 12.1. The van der Waals surface area contributed by atoms with Crippen LogP contribution in [0.25, 0.3) is 0 Å². The summed E-state index contributed by atoms with van der Waals surface area (Å²) in [4.78, 5) is 4.07. The van der Waals surface area contributed by atoms with Crippen molar-refractivity contribution in [2.24, 2.45) is 5.73 Å². The van der Waals surface area contributed by atoms with Crippen molar-refractivity contribution in [1.29, 1.82) is 0 Å². The molecule has 1 rings (SSSR count). The quantitative estimate of drug-likeness (QED) is 0.578. The summed E-state index contributed by atoms with van der Waals surface area (Å²) < 4.78 is 0. The minimum atomic E-state index is 0.501. The smallest absolute Gasteiger partial charge is 0.107 e. The van der Waals surface area contributed by atoms with Crippen molar-refractivity contribution in [3.8, 4) is 0 Å². The molecule has 0 heterocycles. The van der Waals surface area contributed by atoms with Crippen molar-refractivity contribution < 1.29 is 0 Å². The first-order valence-corrected chi connectivity index (χ1v) is 8.35. The Morgan fingerprint density at radius 3 is 2.58 bits per heavy atom. The highest BCUT2D eigenvalue weighted by Gasteiger charge is 2.15. The van der Waals surface area contributed by atoms with Crippen LogP contribution >= 0.6 is 24.0 Å². The molecule has 0 radical (unpaired) electrons. The molecule has 0 aliphatic heterocycles. The minimum absolute atomic E-state index is 0.501. The molecule has 0 atom stereocenters. The first-order chi connectivity index (χ1) is 9.15. The molecule has 19 heavy (non-hydrogen) atoms. The molecule has 106 valence electrons. The predicted octanol–water partition coefficient (Wildman–Crippen LogP) is 4.06. The van der Waals surface area contributed by atoms with E-state index < -0.39 is 0 Å². The second-order valence-corrected chi connectivity index (χ2v) is 6.13. The summed E-state index contributed by atoms with van der Waals surface area (Å²) in [6, 6.07) is 6.34. The Balaban J connectivity index is 3.16. The number of hydrogen-bond acceptors (Lipinski definition) is 3. The molecule has 1 aromatic carbocycles. The molecule has 0 bridgehead atoms. The summed E-state index contributed by atoms with van der Waals surface area (Å²) in [5.41, 5.74) is 8.18. The first kappa shape index (κ1) is 16.3. The van der Waals surface area contributed by atoms with Crippen LogP contribution in [-0.2, 0) is 0 Å². The first-order valence-electron chi connectivity index (χ1n) is 6.96. The molecule has 1 aromatic rings. The Morgan fingerprint density at radius 1 is 1.32 bits per heavy atom. The fourth-order valence-electron chi connectivity index (χ4n) is 2.10. The summed E-state index contributed by atoms with van der Waals surface area (Å²) in [7, 11) is 0. The monoisotopic (exact) mass is 296 g/mol. The zero-order chi connectivity index (χ0) is 14.3. The number of thioether (sulfide) groups is 1. The van der Waals surface area contributed by atoms with Crippen LogP contribution < -0.4 is 10.6 Å². The van der Waals surface area contributed by atoms with Gasteiger partial charge in [-0.15, -0.1) is 11.8 Å². The van der Waals surface area contributed by atoms with Crippen LogP contribution in [0, 0.1) is 0 Å². The van der Waals surface area contributed by atoms with Crippen molar-refractivity contribution in [1.82, 2.24) is 0 Å². The summed E-state index contributed by atoms with van der Waals surface area (Å²) in [5.74, 6) is 1.03. The molecule has 2 N–H and O–H groups in total. The number of rotatable bonds is 8. The lowest BCUT2D eigenvalue weighted by atomic mass is 10.1. The molecular weight excluding hydrogens is 272 g/mol. The lowest BCUT2D eigenvalue weighted by Gasteiger charge is -2.26. The summed E-state index contributed by atoms with van der Waals surface area (Å²) in [6.07, 6.45) is 2.39. The topological polar surface area (TPSA) is 29.3 Å². The van der Waals surface area contributed by atoms with Crippen LogP contribution in [0.2, 0.25) is 0 Å².